The summed E-state index contributed by atoms with van der Waals surface area (Å²) in [5.41, 5.74) is 3.13. The summed E-state index contributed by atoms with van der Waals surface area (Å²) in [6.45, 7) is 4.80. The average Bonchev–Trinajstić information content (AvgIpc) is 2.70. The highest BCUT2D eigenvalue weighted by atomic mass is 32.2. The Kier molecular flexibility index (Phi) is 4.57. The zero-order valence-corrected chi connectivity index (χ0v) is 11.4. The largest absolute Gasteiger partial charge is 0.271 e. The number of hydrazine groups is 1. The third-order valence-corrected chi connectivity index (χ3v) is 5.76. The molecular weight excluding hydrogens is 216 g/mol. The molecule has 0 amide bonds. The van der Waals surface area contributed by atoms with Crippen molar-refractivity contribution in [2.45, 2.75) is 57.2 Å². The molecule has 4 unspecified atom stereocenters. The molecule has 1 aliphatic heterocycles. The van der Waals surface area contributed by atoms with E-state index >= 15 is 0 Å². The second-order valence-electron chi connectivity index (χ2n) is 5.92. The predicted octanol–water partition coefficient (Wildman–Crippen LogP) is 2.79. The minimum atomic E-state index is 0.553. The Morgan fingerprint density at radius 2 is 1.88 bits per heavy atom. The molecule has 0 aromatic heterocycles. The molecule has 94 valence electrons. The first kappa shape index (κ1) is 12.7. The van der Waals surface area contributed by atoms with Crippen LogP contribution in [0.3, 0.4) is 0 Å². The Balaban J connectivity index is 1.96. The van der Waals surface area contributed by atoms with Crippen LogP contribution in [-0.2, 0) is 0 Å². The molecule has 1 aliphatic carbocycles. The van der Waals surface area contributed by atoms with Gasteiger partial charge in [-0.2, -0.15) is 11.8 Å². The highest BCUT2D eigenvalue weighted by Crippen LogP contribution is 2.39. The van der Waals surface area contributed by atoms with E-state index in [-0.39, 0.29) is 0 Å². The van der Waals surface area contributed by atoms with E-state index in [0.29, 0.717) is 6.04 Å². The van der Waals surface area contributed by atoms with Crippen LogP contribution in [0, 0.1) is 17.8 Å². The topological polar surface area (TPSA) is 38.0 Å². The molecule has 0 bridgehead atoms. The molecule has 1 heterocycles. The van der Waals surface area contributed by atoms with Crippen molar-refractivity contribution in [2.24, 2.45) is 23.6 Å². The maximum Gasteiger partial charge on any atom is 0.0357 e. The quantitative estimate of drug-likeness (QED) is 0.590. The lowest BCUT2D eigenvalue weighted by molar-refractivity contribution is 0.173. The highest BCUT2D eigenvalue weighted by molar-refractivity contribution is 8.00. The van der Waals surface area contributed by atoms with E-state index in [1.807, 2.05) is 0 Å². The summed E-state index contributed by atoms with van der Waals surface area (Å²) in [5, 5.41) is 0.771. The molecule has 1 saturated heterocycles. The molecule has 3 N–H and O–H groups in total. The second-order valence-corrected chi connectivity index (χ2v) is 7.27. The van der Waals surface area contributed by atoms with Crippen molar-refractivity contribution in [1.29, 1.82) is 0 Å². The van der Waals surface area contributed by atoms with Gasteiger partial charge in [0.05, 0.1) is 0 Å². The van der Waals surface area contributed by atoms with Crippen molar-refractivity contribution in [3.8, 4) is 0 Å². The van der Waals surface area contributed by atoms with Gasteiger partial charge in [0.25, 0.3) is 0 Å². The molecule has 0 aromatic carbocycles. The molecule has 0 aromatic rings. The molecule has 2 aliphatic rings. The van der Waals surface area contributed by atoms with E-state index < -0.39 is 0 Å². The van der Waals surface area contributed by atoms with Gasteiger partial charge in [-0.3, -0.25) is 11.3 Å². The first-order valence-corrected chi connectivity index (χ1v) is 7.83. The van der Waals surface area contributed by atoms with Gasteiger partial charge >= 0.3 is 0 Å². The highest BCUT2D eigenvalue weighted by Gasteiger charge is 2.35. The van der Waals surface area contributed by atoms with E-state index in [1.165, 1.54) is 37.9 Å². The van der Waals surface area contributed by atoms with Gasteiger partial charge < -0.3 is 0 Å². The number of rotatable bonds is 3. The summed E-state index contributed by atoms with van der Waals surface area (Å²) in [6.07, 6.45) is 6.89. The third-order valence-electron chi connectivity index (χ3n) is 4.28. The molecule has 0 radical (unpaired) electrons. The van der Waals surface area contributed by atoms with Crippen molar-refractivity contribution in [3.05, 3.63) is 0 Å². The van der Waals surface area contributed by atoms with E-state index in [0.717, 1.165) is 23.0 Å². The summed E-state index contributed by atoms with van der Waals surface area (Å²) in [5.74, 6) is 9.72. The summed E-state index contributed by atoms with van der Waals surface area (Å²) in [7, 11) is 0. The fourth-order valence-electron chi connectivity index (χ4n) is 3.74. The standard InChI is InChI=1S/C13H26N2S/c1-9-6-10(2)8-11(7-9)13(15-14)12-4-3-5-16-12/h9-13,15H,3-8,14H2,1-2H3. The minimum absolute atomic E-state index is 0.553. The normalized spacial score (nSPS) is 42.2. The van der Waals surface area contributed by atoms with Crippen LogP contribution < -0.4 is 11.3 Å². The van der Waals surface area contributed by atoms with Gasteiger partial charge in [-0.1, -0.05) is 13.8 Å². The van der Waals surface area contributed by atoms with E-state index in [1.54, 1.807) is 0 Å². The maximum atomic E-state index is 5.81. The number of nitrogens with two attached hydrogens (primary N) is 1. The van der Waals surface area contributed by atoms with Crippen LogP contribution in [0.5, 0.6) is 0 Å². The molecule has 16 heavy (non-hydrogen) atoms. The molecule has 2 rings (SSSR count). The van der Waals surface area contributed by atoms with Crippen molar-refractivity contribution < 1.29 is 0 Å². The van der Waals surface area contributed by atoms with Crippen LogP contribution in [0.2, 0.25) is 0 Å². The maximum absolute atomic E-state index is 5.81. The smallest absolute Gasteiger partial charge is 0.0357 e. The number of nitrogens with one attached hydrogen (secondary N) is 1. The van der Waals surface area contributed by atoms with Gasteiger partial charge in [0.15, 0.2) is 0 Å². The molecule has 4 atom stereocenters. The molecule has 0 spiro atoms. The second kappa shape index (κ2) is 5.74. The van der Waals surface area contributed by atoms with Gasteiger partial charge in [-0.15, -0.1) is 0 Å². The zero-order chi connectivity index (χ0) is 11.5. The Morgan fingerprint density at radius 1 is 1.19 bits per heavy atom. The SMILES string of the molecule is CC1CC(C)CC(C(NN)C2CCCS2)C1. The Morgan fingerprint density at radius 3 is 2.38 bits per heavy atom. The van der Waals surface area contributed by atoms with Crippen LogP contribution in [0.25, 0.3) is 0 Å². The first-order chi connectivity index (χ1) is 7.70. The van der Waals surface area contributed by atoms with Crippen molar-refractivity contribution in [2.75, 3.05) is 5.75 Å². The monoisotopic (exact) mass is 242 g/mol. The summed E-state index contributed by atoms with van der Waals surface area (Å²) in [6, 6.07) is 0.553. The van der Waals surface area contributed by atoms with Crippen molar-refractivity contribution >= 4 is 11.8 Å². The Hall–Kier alpha value is 0.270. The Bertz CT molecular complexity index is 206. The predicted molar refractivity (Wildman–Crippen MR) is 72.3 cm³/mol. The van der Waals surface area contributed by atoms with Gasteiger partial charge in [0.2, 0.25) is 0 Å². The fraction of sp³-hybridized carbons (Fsp3) is 1.00. The van der Waals surface area contributed by atoms with E-state index in [9.17, 15) is 0 Å². The zero-order valence-electron chi connectivity index (χ0n) is 10.6. The van der Waals surface area contributed by atoms with Crippen molar-refractivity contribution in [3.63, 3.8) is 0 Å². The van der Waals surface area contributed by atoms with Crippen LogP contribution in [-0.4, -0.2) is 17.0 Å². The molecular formula is C13H26N2S. The van der Waals surface area contributed by atoms with Crippen LogP contribution >= 0.6 is 11.8 Å². The summed E-state index contributed by atoms with van der Waals surface area (Å²) in [4.78, 5) is 0. The summed E-state index contributed by atoms with van der Waals surface area (Å²) < 4.78 is 0. The molecule has 2 nitrogen and oxygen atoms in total. The summed E-state index contributed by atoms with van der Waals surface area (Å²) >= 11 is 2.13. The minimum Gasteiger partial charge on any atom is -0.271 e. The fourth-order valence-corrected chi connectivity index (χ4v) is 5.21. The number of thioether (sulfide) groups is 1. The number of hydrogen-bond donors (Lipinski definition) is 2. The molecule has 1 saturated carbocycles. The van der Waals surface area contributed by atoms with E-state index in [4.69, 9.17) is 5.84 Å². The third kappa shape index (κ3) is 2.93. The number of hydrogen-bond acceptors (Lipinski definition) is 3. The van der Waals surface area contributed by atoms with Gasteiger partial charge in [-0.05, 0) is 55.6 Å². The van der Waals surface area contributed by atoms with Crippen LogP contribution in [0.1, 0.15) is 46.0 Å². The van der Waals surface area contributed by atoms with Crippen LogP contribution in [0.15, 0.2) is 0 Å². The van der Waals surface area contributed by atoms with E-state index in [2.05, 4.69) is 31.0 Å². The molecule has 2 fully saturated rings. The lowest BCUT2D eigenvalue weighted by atomic mass is 9.73. The average molecular weight is 242 g/mol. The van der Waals surface area contributed by atoms with Gasteiger partial charge in [0, 0.05) is 11.3 Å². The van der Waals surface area contributed by atoms with Crippen molar-refractivity contribution in [1.82, 2.24) is 5.43 Å². The Labute approximate surface area is 104 Å². The van der Waals surface area contributed by atoms with Crippen LogP contribution in [0.4, 0.5) is 0 Å². The lowest BCUT2D eigenvalue weighted by Gasteiger charge is -2.38. The lowest BCUT2D eigenvalue weighted by Crippen LogP contribution is -2.48. The van der Waals surface area contributed by atoms with Gasteiger partial charge in [-0.25, -0.2) is 0 Å². The first-order valence-electron chi connectivity index (χ1n) is 6.78. The van der Waals surface area contributed by atoms with Gasteiger partial charge in [0.1, 0.15) is 0 Å². The molecule has 3 heteroatoms.